The third-order valence-electron chi connectivity index (χ3n) is 5.45. The van der Waals surface area contributed by atoms with Crippen LogP contribution in [0.5, 0.6) is 5.75 Å². The molecule has 8 heteroatoms. The van der Waals surface area contributed by atoms with Gasteiger partial charge >= 0.3 is 5.97 Å². The van der Waals surface area contributed by atoms with Crippen LogP contribution >= 0.6 is 0 Å². The lowest BCUT2D eigenvalue weighted by atomic mass is 10.1. The average Bonchev–Trinajstić information content (AvgIpc) is 2.92. The number of aromatic nitrogens is 1. The van der Waals surface area contributed by atoms with Crippen molar-refractivity contribution >= 4 is 28.5 Å². The number of fused-ring (bicyclic) bond motifs is 1. The average molecular weight is 418 g/mol. The number of aryl methyl sites for hydroxylation is 1. The Labute approximate surface area is 177 Å². The number of ether oxygens (including phenoxy) is 3. The number of carbonyl (C=O) groups excluding carboxylic acids is 2. The van der Waals surface area contributed by atoms with Gasteiger partial charge in [-0.2, -0.15) is 0 Å². The van der Waals surface area contributed by atoms with E-state index in [1.165, 1.54) is 0 Å². The number of nitrogens with one attached hydrogen (secondary N) is 1. The summed E-state index contributed by atoms with van der Waals surface area (Å²) >= 11 is 0. The SMILES string of the molecule is CCOC(=O)c1c(C)n(C)c2ccc(OC)c(NC(=O)CN3C[C@@H](C)O[C@H](C)C3)c12. The number of anilines is 1. The van der Waals surface area contributed by atoms with Gasteiger partial charge in [0.25, 0.3) is 0 Å². The molecule has 1 amide bonds. The molecule has 0 unspecified atom stereocenters. The van der Waals surface area contributed by atoms with E-state index < -0.39 is 5.97 Å². The van der Waals surface area contributed by atoms with Gasteiger partial charge in [0.1, 0.15) is 5.75 Å². The van der Waals surface area contributed by atoms with E-state index in [-0.39, 0.29) is 31.3 Å². The van der Waals surface area contributed by atoms with Crippen LogP contribution in [-0.2, 0) is 21.3 Å². The fraction of sp³-hybridized carbons (Fsp3) is 0.545. The summed E-state index contributed by atoms with van der Waals surface area (Å²) in [5.74, 6) is -0.0886. The molecule has 8 nitrogen and oxygen atoms in total. The quantitative estimate of drug-likeness (QED) is 0.728. The van der Waals surface area contributed by atoms with Crippen LogP contribution in [-0.4, -0.2) is 66.9 Å². The molecule has 2 atom stereocenters. The lowest BCUT2D eigenvalue weighted by Crippen LogP contribution is -2.48. The molecule has 1 aliphatic rings. The van der Waals surface area contributed by atoms with E-state index >= 15 is 0 Å². The van der Waals surface area contributed by atoms with Gasteiger partial charge in [0.05, 0.1) is 49.2 Å². The van der Waals surface area contributed by atoms with E-state index in [2.05, 4.69) is 10.2 Å². The molecule has 0 saturated carbocycles. The molecule has 1 N–H and O–H groups in total. The molecule has 1 aromatic heterocycles. The maximum atomic E-state index is 12.9. The summed E-state index contributed by atoms with van der Waals surface area (Å²) in [4.78, 5) is 27.7. The van der Waals surface area contributed by atoms with Gasteiger partial charge < -0.3 is 24.1 Å². The molecular formula is C22H31N3O5. The van der Waals surface area contributed by atoms with E-state index in [1.54, 1.807) is 20.1 Å². The molecule has 1 fully saturated rings. The maximum absolute atomic E-state index is 12.9. The van der Waals surface area contributed by atoms with Crippen LogP contribution in [0.3, 0.4) is 0 Å². The second-order valence-corrected chi connectivity index (χ2v) is 7.78. The highest BCUT2D eigenvalue weighted by Crippen LogP contribution is 2.38. The largest absolute Gasteiger partial charge is 0.495 e. The van der Waals surface area contributed by atoms with Crippen molar-refractivity contribution in [2.45, 2.75) is 39.9 Å². The van der Waals surface area contributed by atoms with Crippen LogP contribution in [0, 0.1) is 6.92 Å². The highest BCUT2D eigenvalue weighted by molar-refractivity contribution is 6.14. The lowest BCUT2D eigenvalue weighted by molar-refractivity contribution is -0.121. The van der Waals surface area contributed by atoms with Gasteiger partial charge in [0.2, 0.25) is 5.91 Å². The smallest absolute Gasteiger partial charge is 0.340 e. The number of hydrogen-bond donors (Lipinski definition) is 1. The van der Waals surface area contributed by atoms with E-state index in [0.717, 1.165) is 11.2 Å². The molecule has 0 aliphatic carbocycles. The summed E-state index contributed by atoms with van der Waals surface area (Å²) in [6.07, 6.45) is 0.151. The molecule has 30 heavy (non-hydrogen) atoms. The van der Waals surface area contributed by atoms with Crippen molar-refractivity contribution in [1.29, 1.82) is 0 Å². The highest BCUT2D eigenvalue weighted by Gasteiger charge is 2.27. The van der Waals surface area contributed by atoms with E-state index in [1.807, 2.05) is 38.5 Å². The molecule has 0 radical (unpaired) electrons. The van der Waals surface area contributed by atoms with Crippen LogP contribution in [0.1, 0.15) is 36.8 Å². The van der Waals surface area contributed by atoms with Gasteiger partial charge in [-0.1, -0.05) is 0 Å². The zero-order valence-corrected chi connectivity index (χ0v) is 18.6. The summed E-state index contributed by atoms with van der Waals surface area (Å²) in [7, 11) is 3.43. The first kappa shape index (κ1) is 22.1. The second-order valence-electron chi connectivity index (χ2n) is 7.78. The van der Waals surface area contributed by atoms with Gasteiger partial charge in [-0.25, -0.2) is 4.79 Å². The Morgan fingerprint density at radius 1 is 1.23 bits per heavy atom. The number of rotatable bonds is 6. The number of morpholine rings is 1. The summed E-state index contributed by atoms with van der Waals surface area (Å²) < 4.78 is 18.5. The van der Waals surface area contributed by atoms with Gasteiger partial charge in [0.15, 0.2) is 0 Å². The number of carbonyl (C=O) groups is 2. The highest BCUT2D eigenvalue weighted by atomic mass is 16.5. The van der Waals surface area contributed by atoms with Gasteiger partial charge in [0, 0.05) is 31.2 Å². The standard InChI is InChI=1S/C22H31N3O5/c1-7-29-22(27)19-15(4)24(5)16-8-9-17(28-6)21(20(16)19)23-18(26)12-25-10-13(2)30-14(3)11-25/h8-9,13-14H,7,10-12H2,1-6H3,(H,23,26)/t13-,14-/m1/s1. The van der Waals surface area contributed by atoms with Crippen molar-refractivity contribution in [3.63, 3.8) is 0 Å². The van der Waals surface area contributed by atoms with Crippen LogP contribution in [0.2, 0.25) is 0 Å². The van der Waals surface area contributed by atoms with Crippen LogP contribution in [0.4, 0.5) is 5.69 Å². The summed E-state index contributed by atoms with van der Waals surface area (Å²) in [5.41, 5.74) is 2.52. The Bertz CT molecular complexity index is 942. The zero-order valence-electron chi connectivity index (χ0n) is 18.6. The molecule has 164 valence electrons. The molecule has 3 rings (SSSR count). The molecule has 1 aliphatic heterocycles. The third kappa shape index (κ3) is 4.29. The fourth-order valence-electron chi connectivity index (χ4n) is 4.18. The molecular weight excluding hydrogens is 386 g/mol. The Kier molecular flexibility index (Phi) is 6.67. The third-order valence-corrected chi connectivity index (χ3v) is 5.45. The van der Waals surface area contributed by atoms with Crippen LogP contribution < -0.4 is 10.1 Å². The summed E-state index contributed by atoms with van der Waals surface area (Å²) in [6.45, 7) is 9.53. The zero-order chi connectivity index (χ0) is 22.0. The summed E-state index contributed by atoms with van der Waals surface area (Å²) in [6, 6.07) is 3.68. The maximum Gasteiger partial charge on any atom is 0.340 e. The Balaban J connectivity index is 1.98. The summed E-state index contributed by atoms with van der Waals surface area (Å²) in [5, 5.41) is 3.62. The first-order valence-corrected chi connectivity index (χ1v) is 10.3. The predicted octanol–water partition coefficient (Wildman–Crippen LogP) is 2.72. The minimum Gasteiger partial charge on any atom is -0.495 e. The van der Waals surface area contributed by atoms with Crippen LogP contribution in [0.25, 0.3) is 10.9 Å². The van der Waals surface area contributed by atoms with Crippen molar-refractivity contribution in [3.8, 4) is 5.75 Å². The monoisotopic (exact) mass is 417 g/mol. The molecule has 0 spiro atoms. The lowest BCUT2D eigenvalue weighted by Gasteiger charge is -2.34. The normalized spacial score (nSPS) is 19.7. The Morgan fingerprint density at radius 2 is 1.90 bits per heavy atom. The van der Waals surface area contributed by atoms with Crippen molar-refractivity contribution in [2.24, 2.45) is 7.05 Å². The molecule has 1 saturated heterocycles. The van der Waals surface area contributed by atoms with Crippen molar-refractivity contribution in [1.82, 2.24) is 9.47 Å². The first-order valence-electron chi connectivity index (χ1n) is 10.3. The molecule has 2 aromatic rings. The Hall–Kier alpha value is -2.58. The number of amides is 1. The predicted molar refractivity (Wildman–Crippen MR) is 115 cm³/mol. The number of hydrogen-bond acceptors (Lipinski definition) is 6. The van der Waals surface area contributed by atoms with E-state index in [9.17, 15) is 9.59 Å². The number of methoxy groups -OCH3 is 1. The van der Waals surface area contributed by atoms with E-state index in [4.69, 9.17) is 14.2 Å². The Morgan fingerprint density at radius 3 is 2.50 bits per heavy atom. The number of nitrogens with zero attached hydrogens (tertiary/aromatic N) is 2. The van der Waals surface area contributed by atoms with Gasteiger partial charge in [-0.05, 0) is 39.8 Å². The van der Waals surface area contributed by atoms with Gasteiger partial charge in [-0.15, -0.1) is 0 Å². The molecule has 1 aromatic carbocycles. The van der Waals surface area contributed by atoms with Crippen molar-refractivity contribution in [2.75, 3.05) is 38.7 Å². The first-order chi connectivity index (χ1) is 14.3. The van der Waals surface area contributed by atoms with E-state index in [0.29, 0.717) is 35.5 Å². The fourth-order valence-corrected chi connectivity index (χ4v) is 4.18. The number of esters is 1. The number of benzene rings is 1. The van der Waals surface area contributed by atoms with Crippen molar-refractivity contribution in [3.05, 3.63) is 23.4 Å². The van der Waals surface area contributed by atoms with Crippen LogP contribution in [0.15, 0.2) is 12.1 Å². The minimum absolute atomic E-state index is 0.0757. The molecule has 2 heterocycles. The topological polar surface area (TPSA) is 82.0 Å². The molecule has 0 bridgehead atoms. The minimum atomic E-state index is -0.416. The van der Waals surface area contributed by atoms with Crippen molar-refractivity contribution < 1.29 is 23.8 Å². The second kappa shape index (κ2) is 9.06. The van der Waals surface area contributed by atoms with Gasteiger partial charge in [-0.3, -0.25) is 9.69 Å².